The summed E-state index contributed by atoms with van der Waals surface area (Å²) in [7, 11) is 0. The van der Waals surface area contributed by atoms with Crippen molar-refractivity contribution in [1.82, 2.24) is 14.8 Å². The van der Waals surface area contributed by atoms with E-state index in [2.05, 4.69) is 10.2 Å². The summed E-state index contributed by atoms with van der Waals surface area (Å²) in [5.74, 6) is 0.305. The first-order valence-electron chi connectivity index (χ1n) is 8.75. The number of hydrogen-bond acceptors (Lipinski definition) is 4. The van der Waals surface area contributed by atoms with E-state index in [1.165, 1.54) is 6.07 Å². The van der Waals surface area contributed by atoms with Crippen LogP contribution in [0.15, 0.2) is 53.8 Å². The van der Waals surface area contributed by atoms with Gasteiger partial charge in [0.25, 0.3) is 0 Å². The minimum absolute atomic E-state index is 0.353. The molecule has 0 amide bonds. The Balaban J connectivity index is 1.95. The highest BCUT2D eigenvalue weighted by atomic mass is 35.5. The second-order valence-electron chi connectivity index (χ2n) is 6.62. The Bertz CT molecular complexity index is 1010. The summed E-state index contributed by atoms with van der Waals surface area (Å²) < 4.78 is 16.5. The smallest absolute Gasteiger partial charge is 0.162 e. The molecule has 7 heteroatoms. The summed E-state index contributed by atoms with van der Waals surface area (Å²) in [6, 6.07) is 11.6. The van der Waals surface area contributed by atoms with Gasteiger partial charge >= 0.3 is 0 Å². The fraction of sp³-hybridized carbons (Fsp3) is 0.250. The first-order valence-corrected chi connectivity index (χ1v) is 9.13. The van der Waals surface area contributed by atoms with Crippen LogP contribution in [-0.2, 0) is 0 Å². The number of aliphatic hydroxyl groups is 1. The zero-order valence-corrected chi connectivity index (χ0v) is 15.4. The summed E-state index contributed by atoms with van der Waals surface area (Å²) in [5.41, 5.74) is 2.43. The van der Waals surface area contributed by atoms with Gasteiger partial charge in [0.1, 0.15) is 18.2 Å². The molecule has 0 spiro atoms. The first kappa shape index (κ1) is 17.8. The third kappa shape index (κ3) is 3.38. The molecular formula is C20H18ClFN4O. The summed E-state index contributed by atoms with van der Waals surface area (Å²) in [5, 5.41) is 18.5. The maximum Gasteiger partial charge on any atom is 0.162 e. The van der Waals surface area contributed by atoms with E-state index in [0.717, 1.165) is 5.69 Å². The average molecular weight is 385 g/mol. The number of hydrogen-bond donors (Lipinski definition) is 1. The van der Waals surface area contributed by atoms with Gasteiger partial charge in [-0.15, -0.1) is 10.2 Å². The highest BCUT2D eigenvalue weighted by molar-refractivity contribution is 6.31. The van der Waals surface area contributed by atoms with E-state index in [1.54, 1.807) is 43.6 Å². The van der Waals surface area contributed by atoms with Gasteiger partial charge in [-0.1, -0.05) is 23.7 Å². The Labute approximate surface area is 161 Å². The van der Waals surface area contributed by atoms with Gasteiger partial charge in [-0.05, 0) is 50.1 Å². The Morgan fingerprint density at radius 2 is 2.04 bits per heavy atom. The normalized spacial score (nSPS) is 16.9. The van der Waals surface area contributed by atoms with Crippen molar-refractivity contribution in [3.63, 3.8) is 0 Å². The van der Waals surface area contributed by atoms with E-state index in [4.69, 9.17) is 16.6 Å². The molecule has 1 aliphatic rings. The Kier molecular flexibility index (Phi) is 4.76. The van der Waals surface area contributed by atoms with E-state index in [1.807, 2.05) is 10.6 Å². The van der Waals surface area contributed by atoms with E-state index in [0.29, 0.717) is 40.5 Å². The van der Waals surface area contributed by atoms with Gasteiger partial charge in [-0.3, -0.25) is 9.56 Å². The third-order valence-electron chi connectivity index (χ3n) is 4.62. The SMILES string of the molecule is C[C@H](O)CCC1N=C(c2ccccc2F)c2cc(Cl)ccc2-n2cnnc21. The largest absolute Gasteiger partial charge is 0.393 e. The minimum Gasteiger partial charge on any atom is -0.393 e. The van der Waals surface area contributed by atoms with Crippen molar-refractivity contribution in [3.05, 3.63) is 76.6 Å². The van der Waals surface area contributed by atoms with Crippen LogP contribution in [0.1, 0.15) is 42.8 Å². The molecule has 4 rings (SSSR count). The van der Waals surface area contributed by atoms with Crippen LogP contribution in [0.5, 0.6) is 0 Å². The second kappa shape index (κ2) is 7.21. The van der Waals surface area contributed by atoms with Crippen LogP contribution in [0.3, 0.4) is 0 Å². The van der Waals surface area contributed by atoms with Crippen molar-refractivity contribution in [3.8, 4) is 5.69 Å². The van der Waals surface area contributed by atoms with Gasteiger partial charge in [0.15, 0.2) is 5.82 Å². The number of halogens is 2. The van der Waals surface area contributed by atoms with Crippen molar-refractivity contribution in [2.75, 3.05) is 0 Å². The lowest BCUT2D eigenvalue weighted by atomic mass is 9.99. The van der Waals surface area contributed by atoms with Crippen LogP contribution in [0.4, 0.5) is 4.39 Å². The molecule has 0 radical (unpaired) electrons. The lowest BCUT2D eigenvalue weighted by Gasteiger charge is -2.13. The highest BCUT2D eigenvalue weighted by Crippen LogP contribution is 2.33. The van der Waals surface area contributed by atoms with Gasteiger partial charge in [0.2, 0.25) is 0 Å². The Hall–Kier alpha value is -2.57. The van der Waals surface area contributed by atoms with Crippen LogP contribution in [0.25, 0.3) is 5.69 Å². The molecule has 0 saturated carbocycles. The maximum absolute atomic E-state index is 14.6. The number of aliphatic hydroxyl groups excluding tert-OH is 1. The number of aliphatic imine (C=N–C) groups is 1. The van der Waals surface area contributed by atoms with Crippen LogP contribution in [-0.4, -0.2) is 31.7 Å². The quantitative estimate of drug-likeness (QED) is 0.736. The minimum atomic E-state index is -0.464. The summed E-state index contributed by atoms with van der Waals surface area (Å²) in [6.45, 7) is 1.73. The molecule has 1 aliphatic heterocycles. The molecule has 0 fully saturated rings. The molecule has 2 atom stereocenters. The third-order valence-corrected chi connectivity index (χ3v) is 4.85. The predicted molar refractivity (Wildman–Crippen MR) is 102 cm³/mol. The molecule has 1 aromatic heterocycles. The van der Waals surface area contributed by atoms with E-state index in [9.17, 15) is 9.50 Å². The monoisotopic (exact) mass is 384 g/mol. The zero-order chi connectivity index (χ0) is 19.0. The number of nitrogens with zero attached hydrogens (tertiary/aromatic N) is 4. The first-order chi connectivity index (χ1) is 13.0. The molecule has 138 valence electrons. The van der Waals surface area contributed by atoms with Crippen molar-refractivity contribution in [2.24, 2.45) is 4.99 Å². The van der Waals surface area contributed by atoms with Crippen molar-refractivity contribution < 1.29 is 9.50 Å². The maximum atomic E-state index is 14.6. The van der Waals surface area contributed by atoms with Crippen molar-refractivity contribution >= 4 is 17.3 Å². The molecule has 0 bridgehead atoms. The highest BCUT2D eigenvalue weighted by Gasteiger charge is 2.27. The van der Waals surface area contributed by atoms with Crippen LogP contribution < -0.4 is 0 Å². The van der Waals surface area contributed by atoms with Crippen LogP contribution in [0.2, 0.25) is 5.02 Å². The van der Waals surface area contributed by atoms with Gasteiger partial charge in [0, 0.05) is 16.1 Å². The number of benzene rings is 2. The molecule has 1 N–H and O–H groups in total. The van der Waals surface area contributed by atoms with Crippen molar-refractivity contribution in [2.45, 2.75) is 31.9 Å². The fourth-order valence-electron chi connectivity index (χ4n) is 3.31. The van der Waals surface area contributed by atoms with E-state index >= 15 is 0 Å². The zero-order valence-electron chi connectivity index (χ0n) is 14.7. The lowest BCUT2D eigenvalue weighted by molar-refractivity contribution is 0.178. The molecule has 3 aromatic rings. The predicted octanol–water partition coefficient (Wildman–Crippen LogP) is 4.11. The number of fused-ring (bicyclic) bond motifs is 3. The van der Waals surface area contributed by atoms with E-state index in [-0.39, 0.29) is 11.9 Å². The van der Waals surface area contributed by atoms with Crippen molar-refractivity contribution in [1.29, 1.82) is 0 Å². The van der Waals surface area contributed by atoms with Crippen LogP contribution >= 0.6 is 11.6 Å². The second-order valence-corrected chi connectivity index (χ2v) is 7.06. The van der Waals surface area contributed by atoms with Gasteiger partial charge in [-0.25, -0.2) is 4.39 Å². The van der Waals surface area contributed by atoms with Gasteiger partial charge in [0.05, 0.1) is 17.5 Å². The summed E-state index contributed by atoms with van der Waals surface area (Å²) >= 11 is 6.24. The molecule has 27 heavy (non-hydrogen) atoms. The standard InChI is InChI=1S/C20H18ClFN4O/c1-12(27)6-8-17-20-25-23-11-26(20)18-9-7-13(21)10-15(18)19(24-17)14-4-2-3-5-16(14)22/h2-5,7,9-12,17,27H,6,8H2,1H3/t12-,17?/m0/s1. The van der Waals surface area contributed by atoms with E-state index < -0.39 is 6.10 Å². The molecule has 5 nitrogen and oxygen atoms in total. The Morgan fingerprint density at radius 3 is 2.81 bits per heavy atom. The lowest BCUT2D eigenvalue weighted by Crippen LogP contribution is -2.10. The number of rotatable bonds is 4. The van der Waals surface area contributed by atoms with Gasteiger partial charge in [-0.2, -0.15) is 0 Å². The average Bonchev–Trinajstić information content (AvgIpc) is 3.08. The fourth-order valence-corrected chi connectivity index (χ4v) is 3.48. The molecular weight excluding hydrogens is 367 g/mol. The molecule has 2 heterocycles. The van der Waals surface area contributed by atoms with Gasteiger partial charge < -0.3 is 5.11 Å². The van der Waals surface area contributed by atoms with Crippen LogP contribution in [0, 0.1) is 5.82 Å². The molecule has 0 aliphatic carbocycles. The summed E-state index contributed by atoms with van der Waals surface area (Å²) in [4.78, 5) is 4.86. The summed E-state index contributed by atoms with van der Waals surface area (Å²) in [6.07, 6.45) is 2.27. The Morgan fingerprint density at radius 1 is 1.22 bits per heavy atom. The topological polar surface area (TPSA) is 63.3 Å². The molecule has 0 saturated heterocycles. The molecule has 2 aromatic carbocycles. The number of aromatic nitrogens is 3. The molecule has 1 unspecified atom stereocenters.